The van der Waals surface area contributed by atoms with Crippen LogP contribution >= 0.6 is 28.1 Å². The molecule has 0 aliphatic heterocycles. The van der Waals surface area contributed by atoms with Gasteiger partial charge in [-0.25, -0.2) is 0 Å². The van der Waals surface area contributed by atoms with Crippen LogP contribution in [0.1, 0.15) is 5.56 Å². The van der Waals surface area contributed by atoms with Crippen LogP contribution in [-0.2, 0) is 0 Å². The molecule has 1 aromatic carbocycles. The van der Waals surface area contributed by atoms with Gasteiger partial charge >= 0.3 is 0 Å². The summed E-state index contributed by atoms with van der Waals surface area (Å²) in [7, 11) is 0. The summed E-state index contributed by atoms with van der Waals surface area (Å²) in [4.78, 5) is 4.02. The molecular formula is C13H12BrN3S. The van der Waals surface area contributed by atoms with Crippen molar-refractivity contribution in [3.8, 4) is 0 Å². The minimum atomic E-state index is 0.546. The van der Waals surface area contributed by atoms with E-state index in [4.69, 9.17) is 12.2 Å². The number of anilines is 2. The van der Waals surface area contributed by atoms with Crippen molar-refractivity contribution >= 4 is 44.6 Å². The van der Waals surface area contributed by atoms with Crippen molar-refractivity contribution < 1.29 is 0 Å². The SMILES string of the molecule is Cc1ccc(Br)cc1NC(=S)Nc1cccnc1. The Labute approximate surface area is 120 Å². The Hall–Kier alpha value is -1.46. The van der Waals surface area contributed by atoms with E-state index in [0.29, 0.717) is 5.11 Å². The minimum Gasteiger partial charge on any atom is -0.332 e. The molecule has 0 unspecified atom stereocenters. The molecule has 0 spiro atoms. The Morgan fingerprint density at radius 3 is 2.83 bits per heavy atom. The molecule has 1 aromatic heterocycles. The molecule has 92 valence electrons. The molecule has 5 heteroatoms. The monoisotopic (exact) mass is 321 g/mol. The van der Waals surface area contributed by atoms with Gasteiger partial charge in [0.1, 0.15) is 0 Å². The molecule has 0 aliphatic rings. The van der Waals surface area contributed by atoms with E-state index in [0.717, 1.165) is 21.4 Å². The highest BCUT2D eigenvalue weighted by Crippen LogP contribution is 2.20. The van der Waals surface area contributed by atoms with E-state index in [1.54, 1.807) is 12.4 Å². The third-order valence-electron chi connectivity index (χ3n) is 2.37. The molecule has 0 amide bonds. The topological polar surface area (TPSA) is 37.0 Å². The van der Waals surface area contributed by atoms with E-state index < -0.39 is 0 Å². The van der Waals surface area contributed by atoms with Crippen molar-refractivity contribution in [3.05, 3.63) is 52.8 Å². The van der Waals surface area contributed by atoms with E-state index in [2.05, 4.69) is 31.5 Å². The summed E-state index contributed by atoms with van der Waals surface area (Å²) in [6.07, 6.45) is 3.45. The van der Waals surface area contributed by atoms with Gasteiger partial charge in [0, 0.05) is 16.4 Å². The van der Waals surface area contributed by atoms with E-state index in [9.17, 15) is 0 Å². The molecule has 0 saturated heterocycles. The quantitative estimate of drug-likeness (QED) is 0.821. The summed E-state index contributed by atoms with van der Waals surface area (Å²) in [6.45, 7) is 2.03. The molecular weight excluding hydrogens is 310 g/mol. The molecule has 0 aliphatic carbocycles. The molecule has 3 nitrogen and oxygen atoms in total. The summed E-state index contributed by atoms with van der Waals surface area (Å²) < 4.78 is 1.01. The summed E-state index contributed by atoms with van der Waals surface area (Å²) in [5.74, 6) is 0. The Morgan fingerprint density at radius 1 is 1.28 bits per heavy atom. The normalized spacial score (nSPS) is 9.89. The molecule has 2 aromatic rings. The zero-order valence-electron chi connectivity index (χ0n) is 9.77. The van der Waals surface area contributed by atoms with Gasteiger partial charge in [0.2, 0.25) is 0 Å². The third-order valence-corrected chi connectivity index (χ3v) is 3.06. The molecule has 2 rings (SSSR count). The van der Waals surface area contributed by atoms with Crippen LogP contribution in [0.2, 0.25) is 0 Å². The van der Waals surface area contributed by atoms with Crippen LogP contribution in [-0.4, -0.2) is 10.1 Å². The first kappa shape index (κ1) is 13.0. The zero-order chi connectivity index (χ0) is 13.0. The number of aryl methyl sites for hydroxylation is 1. The number of thiocarbonyl (C=S) groups is 1. The zero-order valence-corrected chi connectivity index (χ0v) is 12.2. The van der Waals surface area contributed by atoms with Gasteiger partial charge in [0.15, 0.2) is 5.11 Å². The van der Waals surface area contributed by atoms with Crippen molar-refractivity contribution in [2.75, 3.05) is 10.6 Å². The maximum Gasteiger partial charge on any atom is 0.175 e. The number of hydrogen-bond acceptors (Lipinski definition) is 2. The number of benzene rings is 1. The van der Waals surface area contributed by atoms with E-state index >= 15 is 0 Å². The van der Waals surface area contributed by atoms with Crippen molar-refractivity contribution in [2.24, 2.45) is 0 Å². The highest BCUT2D eigenvalue weighted by molar-refractivity contribution is 9.10. The Morgan fingerprint density at radius 2 is 2.11 bits per heavy atom. The molecule has 0 saturated carbocycles. The first-order valence-corrected chi connectivity index (χ1v) is 6.59. The van der Waals surface area contributed by atoms with Crippen LogP contribution in [0.25, 0.3) is 0 Å². The second-order valence-corrected chi connectivity index (χ2v) is 5.10. The molecule has 0 radical (unpaired) electrons. The Kier molecular flexibility index (Phi) is 4.28. The van der Waals surface area contributed by atoms with E-state index in [1.165, 1.54) is 0 Å². The number of hydrogen-bond donors (Lipinski definition) is 2. The largest absolute Gasteiger partial charge is 0.332 e. The van der Waals surface area contributed by atoms with Gasteiger partial charge in [-0.3, -0.25) is 4.98 Å². The Bertz CT molecular complexity index is 557. The van der Waals surface area contributed by atoms with Crippen molar-refractivity contribution in [2.45, 2.75) is 6.92 Å². The molecule has 0 fully saturated rings. The fourth-order valence-corrected chi connectivity index (χ4v) is 2.04. The fraction of sp³-hybridized carbons (Fsp3) is 0.0769. The second-order valence-electron chi connectivity index (χ2n) is 3.78. The minimum absolute atomic E-state index is 0.546. The summed E-state index contributed by atoms with van der Waals surface area (Å²) in [5.41, 5.74) is 2.97. The van der Waals surface area contributed by atoms with Gasteiger partial charge in [-0.1, -0.05) is 22.0 Å². The number of rotatable bonds is 2. The number of aromatic nitrogens is 1. The summed E-state index contributed by atoms with van der Waals surface area (Å²) in [6, 6.07) is 9.79. The first-order chi connectivity index (χ1) is 8.65. The lowest BCUT2D eigenvalue weighted by Gasteiger charge is -2.12. The molecule has 18 heavy (non-hydrogen) atoms. The predicted octanol–water partition coefficient (Wildman–Crippen LogP) is 3.96. The van der Waals surface area contributed by atoms with Crippen LogP contribution in [0.5, 0.6) is 0 Å². The predicted molar refractivity (Wildman–Crippen MR) is 83.0 cm³/mol. The molecule has 2 N–H and O–H groups in total. The van der Waals surface area contributed by atoms with Gasteiger partial charge in [0.05, 0.1) is 11.9 Å². The van der Waals surface area contributed by atoms with Crippen LogP contribution in [0.3, 0.4) is 0 Å². The number of halogens is 1. The highest BCUT2D eigenvalue weighted by atomic mass is 79.9. The Balaban J connectivity index is 2.05. The average Bonchev–Trinajstić information content (AvgIpc) is 2.35. The van der Waals surface area contributed by atoms with Gasteiger partial charge in [0.25, 0.3) is 0 Å². The lowest BCUT2D eigenvalue weighted by Crippen LogP contribution is -2.19. The van der Waals surface area contributed by atoms with Crippen LogP contribution in [0, 0.1) is 6.92 Å². The van der Waals surface area contributed by atoms with Crippen molar-refractivity contribution in [1.82, 2.24) is 4.98 Å². The lowest BCUT2D eigenvalue weighted by atomic mass is 10.2. The smallest absolute Gasteiger partial charge is 0.175 e. The van der Waals surface area contributed by atoms with Gasteiger partial charge in [-0.15, -0.1) is 0 Å². The van der Waals surface area contributed by atoms with Crippen LogP contribution in [0.4, 0.5) is 11.4 Å². The lowest BCUT2D eigenvalue weighted by molar-refractivity contribution is 1.33. The highest BCUT2D eigenvalue weighted by Gasteiger charge is 2.02. The molecule has 0 atom stereocenters. The van der Waals surface area contributed by atoms with E-state index in [-0.39, 0.29) is 0 Å². The van der Waals surface area contributed by atoms with Crippen LogP contribution < -0.4 is 10.6 Å². The maximum atomic E-state index is 5.26. The van der Waals surface area contributed by atoms with Gasteiger partial charge < -0.3 is 10.6 Å². The molecule has 1 heterocycles. The molecule has 0 bridgehead atoms. The fourth-order valence-electron chi connectivity index (χ4n) is 1.45. The first-order valence-electron chi connectivity index (χ1n) is 5.39. The van der Waals surface area contributed by atoms with Gasteiger partial charge in [-0.2, -0.15) is 0 Å². The number of nitrogens with zero attached hydrogens (tertiary/aromatic N) is 1. The third kappa shape index (κ3) is 3.51. The number of nitrogens with one attached hydrogen (secondary N) is 2. The average molecular weight is 322 g/mol. The van der Waals surface area contributed by atoms with Crippen molar-refractivity contribution in [3.63, 3.8) is 0 Å². The van der Waals surface area contributed by atoms with Crippen molar-refractivity contribution in [1.29, 1.82) is 0 Å². The maximum absolute atomic E-state index is 5.26. The standard InChI is InChI=1S/C13H12BrN3S/c1-9-4-5-10(14)7-12(9)17-13(18)16-11-3-2-6-15-8-11/h2-8H,1H3,(H2,16,17,18). The summed E-state index contributed by atoms with van der Waals surface area (Å²) in [5, 5.41) is 6.79. The number of pyridine rings is 1. The summed E-state index contributed by atoms with van der Waals surface area (Å²) >= 11 is 8.70. The van der Waals surface area contributed by atoms with Gasteiger partial charge in [-0.05, 0) is 49.0 Å². The second kappa shape index (κ2) is 5.93. The van der Waals surface area contributed by atoms with E-state index in [1.807, 2.05) is 37.3 Å². The van der Waals surface area contributed by atoms with Crippen LogP contribution in [0.15, 0.2) is 47.2 Å².